The first-order valence-corrected chi connectivity index (χ1v) is 10.2. The van der Waals surface area contributed by atoms with Crippen LogP contribution in [0.2, 0.25) is 0 Å². The van der Waals surface area contributed by atoms with Gasteiger partial charge in [-0.05, 0) is 55.7 Å². The number of esters is 1. The summed E-state index contributed by atoms with van der Waals surface area (Å²) in [5, 5.41) is 2.59. The number of carbonyl (C=O) groups excluding carboxylic acids is 3. The fourth-order valence-corrected chi connectivity index (χ4v) is 3.10. The fourth-order valence-electron chi connectivity index (χ4n) is 3.10. The largest absolute Gasteiger partial charge is 0.445 e. The second-order valence-corrected chi connectivity index (χ2v) is 7.40. The predicted octanol–water partition coefficient (Wildman–Crippen LogP) is 4.95. The van der Waals surface area contributed by atoms with Gasteiger partial charge in [-0.1, -0.05) is 38.1 Å². The first-order chi connectivity index (χ1) is 15.4. The lowest BCUT2D eigenvalue weighted by Crippen LogP contribution is -2.46. The summed E-state index contributed by atoms with van der Waals surface area (Å²) in [6.07, 6.45) is -2.65. The highest BCUT2D eigenvalue weighted by atomic mass is 19.4. The normalized spacial score (nSPS) is 12.2. The zero-order valence-corrected chi connectivity index (χ0v) is 18.5. The molecule has 0 aliphatic rings. The maximum atomic E-state index is 12.8. The van der Waals surface area contributed by atoms with Crippen LogP contribution in [0.1, 0.15) is 55.1 Å². The Hall–Kier alpha value is -3.62. The van der Waals surface area contributed by atoms with Crippen molar-refractivity contribution in [1.29, 1.82) is 0 Å². The van der Waals surface area contributed by atoms with E-state index in [-0.39, 0.29) is 29.7 Å². The van der Waals surface area contributed by atoms with Crippen molar-refractivity contribution in [2.45, 2.75) is 45.4 Å². The van der Waals surface area contributed by atoms with Crippen LogP contribution in [0.3, 0.4) is 0 Å². The van der Waals surface area contributed by atoms with Crippen molar-refractivity contribution in [2.75, 3.05) is 5.32 Å². The van der Waals surface area contributed by atoms with Gasteiger partial charge in [-0.15, -0.1) is 0 Å². The Morgan fingerprint density at radius 2 is 1.58 bits per heavy atom. The molecule has 0 atom stereocenters. The smallest absolute Gasteiger partial charge is 0.416 e. The Morgan fingerprint density at radius 1 is 1.00 bits per heavy atom. The van der Waals surface area contributed by atoms with E-state index in [4.69, 9.17) is 10.5 Å². The van der Waals surface area contributed by atoms with Crippen LogP contribution >= 0.6 is 0 Å². The molecule has 0 radical (unpaired) electrons. The minimum absolute atomic E-state index is 0.0284. The van der Waals surface area contributed by atoms with E-state index in [9.17, 15) is 27.6 Å². The molecular weight excluding hydrogens is 437 g/mol. The topological polar surface area (TPSA) is 98.5 Å². The summed E-state index contributed by atoms with van der Waals surface area (Å²) < 4.78 is 43.5. The van der Waals surface area contributed by atoms with E-state index in [0.717, 1.165) is 12.1 Å². The first kappa shape index (κ1) is 25.6. The van der Waals surface area contributed by atoms with Gasteiger partial charge in [-0.2, -0.15) is 13.2 Å². The predicted molar refractivity (Wildman–Crippen MR) is 118 cm³/mol. The van der Waals surface area contributed by atoms with Gasteiger partial charge in [0.15, 0.2) is 5.60 Å². The lowest BCUT2D eigenvalue weighted by molar-refractivity contribution is -0.138. The molecule has 0 spiro atoms. The molecule has 0 aliphatic carbocycles. The molecular formula is C24H25F3N2O4. The van der Waals surface area contributed by atoms with Crippen LogP contribution in [0.25, 0.3) is 6.08 Å². The molecule has 6 nitrogen and oxygen atoms in total. The standard InChI is InChI=1S/C24H25F3N2O4/c1-4-23(5-2,22(28)32)33-21(31)18-8-6-7-9-19(18)29-20(30)15(3)14-16-10-12-17(13-11-16)24(25,26)27/h6-14H,4-5H2,1-3H3,(H2,28,32)(H,29,30). The number of benzene rings is 2. The Labute approximate surface area is 189 Å². The molecule has 176 valence electrons. The van der Waals surface area contributed by atoms with Crippen molar-refractivity contribution in [1.82, 2.24) is 0 Å². The maximum absolute atomic E-state index is 12.8. The summed E-state index contributed by atoms with van der Waals surface area (Å²) in [6.45, 7) is 4.83. The van der Waals surface area contributed by atoms with Gasteiger partial charge < -0.3 is 15.8 Å². The molecule has 2 aromatic rings. The third kappa shape index (κ3) is 6.21. The van der Waals surface area contributed by atoms with Crippen molar-refractivity contribution < 1.29 is 32.3 Å². The molecule has 0 unspecified atom stereocenters. The highest BCUT2D eigenvalue weighted by molar-refractivity contribution is 6.09. The number of hydrogen-bond donors (Lipinski definition) is 2. The minimum Gasteiger partial charge on any atom is -0.445 e. The molecule has 9 heteroatoms. The molecule has 0 aromatic heterocycles. The lowest BCUT2D eigenvalue weighted by atomic mass is 9.96. The number of anilines is 1. The number of nitrogens with two attached hydrogens (primary N) is 1. The molecule has 0 fully saturated rings. The van der Waals surface area contributed by atoms with E-state index in [1.54, 1.807) is 26.0 Å². The molecule has 2 rings (SSSR count). The summed E-state index contributed by atoms with van der Waals surface area (Å²) >= 11 is 0. The van der Waals surface area contributed by atoms with Gasteiger partial charge in [0.05, 0.1) is 16.8 Å². The van der Waals surface area contributed by atoms with Crippen molar-refractivity contribution in [3.63, 3.8) is 0 Å². The van der Waals surface area contributed by atoms with Gasteiger partial charge in [-0.3, -0.25) is 9.59 Å². The van der Waals surface area contributed by atoms with Crippen LogP contribution < -0.4 is 11.1 Å². The summed E-state index contributed by atoms with van der Waals surface area (Å²) in [7, 11) is 0. The molecule has 0 saturated carbocycles. The number of amides is 2. The van der Waals surface area contributed by atoms with Crippen molar-refractivity contribution >= 4 is 29.5 Å². The third-order valence-corrected chi connectivity index (χ3v) is 5.25. The van der Waals surface area contributed by atoms with Gasteiger partial charge in [-0.25, -0.2) is 4.79 Å². The molecule has 0 aliphatic heterocycles. The van der Waals surface area contributed by atoms with E-state index in [1.165, 1.54) is 37.3 Å². The summed E-state index contributed by atoms with van der Waals surface area (Å²) in [4.78, 5) is 37.3. The van der Waals surface area contributed by atoms with Crippen LogP contribution in [0.5, 0.6) is 0 Å². The zero-order chi connectivity index (χ0) is 24.8. The first-order valence-electron chi connectivity index (χ1n) is 10.2. The highest BCUT2D eigenvalue weighted by Crippen LogP contribution is 2.29. The Morgan fingerprint density at radius 3 is 2.09 bits per heavy atom. The molecule has 2 amide bonds. The van der Waals surface area contributed by atoms with Crippen LogP contribution in [-0.4, -0.2) is 23.4 Å². The molecule has 0 bridgehead atoms. The summed E-state index contributed by atoms with van der Waals surface area (Å²) in [5.74, 6) is -2.15. The number of para-hydroxylation sites is 1. The molecule has 2 aromatic carbocycles. The van der Waals surface area contributed by atoms with Crippen LogP contribution in [0.4, 0.5) is 18.9 Å². The quantitative estimate of drug-likeness (QED) is 0.428. The van der Waals surface area contributed by atoms with E-state index in [1.807, 2.05) is 0 Å². The average Bonchev–Trinajstić information content (AvgIpc) is 2.77. The Balaban J connectivity index is 2.23. The monoisotopic (exact) mass is 462 g/mol. The van der Waals surface area contributed by atoms with E-state index in [0.29, 0.717) is 5.56 Å². The lowest BCUT2D eigenvalue weighted by Gasteiger charge is -2.28. The van der Waals surface area contributed by atoms with Crippen LogP contribution in [0, 0.1) is 0 Å². The number of hydrogen-bond acceptors (Lipinski definition) is 4. The Kier molecular flexibility index (Phi) is 8.03. The number of ether oxygens (including phenoxy) is 1. The number of halogens is 3. The van der Waals surface area contributed by atoms with Crippen LogP contribution in [0.15, 0.2) is 54.1 Å². The molecule has 0 heterocycles. The summed E-state index contributed by atoms with van der Waals surface area (Å²) in [6, 6.07) is 10.5. The number of primary amides is 1. The molecule has 33 heavy (non-hydrogen) atoms. The highest BCUT2D eigenvalue weighted by Gasteiger charge is 2.38. The second-order valence-electron chi connectivity index (χ2n) is 7.40. The molecule has 3 N–H and O–H groups in total. The number of alkyl halides is 3. The van der Waals surface area contributed by atoms with Gasteiger partial charge in [0.1, 0.15) is 0 Å². The van der Waals surface area contributed by atoms with Crippen molar-refractivity contribution in [3.8, 4) is 0 Å². The Bertz CT molecular complexity index is 1060. The SMILES string of the molecule is CCC(CC)(OC(=O)c1ccccc1NC(=O)C(C)=Cc1ccc(C(F)(F)F)cc1)C(N)=O. The second kappa shape index (κ2) is 10.3. The van der Waals surface area contributed by atoms with E-state index >= 15 is 0 Å². The summed E-state index contributed by atoms with van der Waals surface area (Å²) in [5.41, 5.74) is 3.95. The van der Waals surface area contributed by atoms with Crippen LogP contribution in [-0.2, 0) is 20.5 Å². The number of rotatable bonds is 8. The fraction of sp³-hybridized carbons (Fsp3) is 0.292. The van der Waals surface area contributed by atoms with Gasteiger partial charge in [0.2, 0.25) is 0 Å². The zero-order valence-electron chi connectivity index (χ0n) is 18.5. The van der Waals surface area contributed by atoms with Crippen molar-refractivity contribution in [2.24, 2.45) is 5.73 Å². The van der Waals surface area contributed by atoms with Gasteiger partial charge in [0, 0.05) is 5.57 Å². The number of nitrogens with one attached hydrogen (secondary N) is 1. The minimum atomic E-state index is -4.45. The maximum Gasteiger partial charge on any atom is 0.416 e. The van der Waals surface area contributed by atoms with Crippen molar-refractivity contribution in [3.05, 3.63) is 70.8 Å². The van der Waals surface area contributed by atoms with Gasteiger partial charge in [0.25, 0.3) is 11.8 Å². The third-order valence-electron chi connectivity index (χ3n) is 5.25. The number of carbonyl (C=O) groups is 3. The average molecular weight is 462 g/mol. The van der Waals surface area contributed by atoms with E-state index < -0.39 is 35.1 Å². The van der Waals surface area contributed by atoms with Gasteiger partial charge >= 0.3 is 12.1 Å². The van der Waals surface area contributed by atoms with E-state index in [2.05, 4.69) is 5.32 Å². The molecule has 0 saturated heterocycles.